The van der Waals surface area contributed by atoms with Gasteiger partial charge in [0.15, 0.2) is 11.5 Å². The average Bonchev–Trinajstić information content (AvgIpc) is 3.28. The Morgan fingerprint density at radius 1 is 1.03 bits per heavy atom. The van der Waals surface area contributed by atoms with E-state index in [2.05, 4.69) is 48.3 Å². The van der Waals surface area contributed by atoms with E-state index in [0.717, 1.165) is 60.9 Å². The number of nitrogens with zero attached hydrogens (tertiary/aromatic N) is 2. The molecule has 0 amide bonds. The van der Waals surface area contributed by atoms with Crippen LogP contribution >= 0.6 is 0 Å². The van der Waals surface area contributed by atoms with Crippen molar-refractivity contribution in [1.29, 1.82) is 0 Å². The minimum absolute atomic E-state index is 0.223. The van der Waals surface area contributed by atoms with Crippen LogP contribution in [0.2, 0.25) is 0 Å². The van der Waals surface area contributed by atoms with Crippen molar-refractivity contribution in [2.24, 2.45) is 5.10 Å². The van der Waals surface area contributed by atoms with E-state index in [1.165, 1.54) is 18.5 Å². The lowest BCUT2D eigenvalue weighted by Gasteiger charge is -2.50. The van der Waals surface area contributed by atoms with Gasteiger partial charge in [0.05, 0.1) is 44.2 Å². The molecule has 2 aromatic carbocycles. The molecule has 1 fully saturated rings. The highest BCUT2D eigenvalue weighted by atomic mass is 16.6. The van der Waals surface area contributed by atoms with Gasteiger partial charge in [0.1, 0.15) is 19.0 Å². The van der Waals surface area contributed by atoms with Crippen molar-refractivity contribution >= 4 is 5.71 Å². The summed E-state index contributed by atoms with van der Waals surface area (Å²) < 4.78 is 18.3. The Kier molecular flexibility index (Phi) is 4.56. The minimum atomic E-state index is -0.341. The smallest absolute Gasteiger partial charge is 0.208 e. The molecule has 4 aliphatic heterocycles. The van der Waals surface area contributed by atoms with Crippen LogP contribution in [-0.4, -0.2) is 49.3 Å². The lowest BCUT2D eigenvalue weighted by Crippen LogP contribution is -3.14. The highest BCUT2D eigenvalue weighted by molar-refractivity contribution is 6.02. The molecule has 4 aliphatic rings. The Hall–Kier alpha value is -2.73. The third-order valence-corrected chi connectivity index (χ3v) is 7.12. The Bertz CT molecular complexity index is 1010. The van der Waals surface area contributed by atoms with Crippen molar-refractivity contribution < 1.29 is 19.1 Å². The van der Waals surface area contributed by atoms with Crippen molar-refractivity contribution in [3.8, 4) is 17.2 Å². The molecule has 0 radical (unpaired) electrons. The number of ether oxygens (including phenoxy) is 3. The van der Waals surface area contributed by atoms with Crippen LogP contribution in [0.3, 0.4) is 0 Å². The topological polar surface area (TPSA) is 47.7 Å². The van der Waals surface area contributed by atoms with Crippen LogP contribution in [0.5, 0.6) is 17.2 Å². The molecule has 0 bridgehead atoms. The quantitative estimate of drug-likeness (QED) is 0.830. The molecule has 6 nitrogen and oxygen atoms in total. The molecule has 0 unspecified atom stereocenters. The predicted octanol–water partition coefficient (Wildman–Crippen LogP) is 2.79. The molecule has 1 saturated heterocycles. The molecule has 4 heterocycles. The Morgan fingerprint density at radius 3 is 2.68 bits per heavy atom. The van der Waals surface area contributed by atoms with E-state index in [1.807, 2.05) is 6.07 Å². The Morgan fingerprint density at radius 2 is 1.84 bits per heavy atom. The molecule has 1 spiro atoms. The molecule has 31 heavy (non-hydrogen) atoms. The molecule has 0 saturated carbocycles. The number of rotatable bonds is 3. The third-order valence-electron chi connectivity index (χ3n) is 7.12. The number of benzene rings is 2. The molecule has 162 valence electrons. The molecule has 1 N–H and O–H groups in total. The van der Waals surface area contributed by atoms with Gasteiger partial charge in [-0.15, -0.1) is 0 Å². The van der Waals surface area contributed by atoms with Gasteiger partial charge in [-0.3, -0.25) is 0 Å². The maximum Gasteiger partial charge on any atom is 0.208 e. The van der Waals surface area contributed by atoms with E-state index in [0.29, 0.717) is 13.2 Å². The van der Waals surface area contributed by atoms with Gasteiger partial charge in [0.25, 0.3) is 0 Å². The van der Waals surface area contributed by atoms with Crippen molar-refractivity contribution in [3.05, 3.63) is 53.6 Å². The average molecular weight is 421 g/mol. The van der Waals surface area contributed by atoms with Crippen LogP contribution < -0.4 is 19.1 Å². The SMILES string of the molecule is CCC[NH+]1CCC2(CC1)Oc1ccccc1[C@@H]1CC(c3ccc4c(c3)OCCO4)=NN12. The summed E-state index contributed by atoms with van der Waals surface area (Å²) in [6.45, 7) is 6.98. The first-order chi connectivity index (χ1) is 15.3. The fourth-order valence-electron chi connectivity index (χ4n) is 5.55. The van der Waals surface area contributed by atoms with Gasteiger partial charge in [-0.2, -0.15) is 5.10 Å². The summed E-state index contributed by atoms with van der Waals surface area (Å²) in [6.07, 6.45) is 4.12. The van der Waals surface area contributed by atoms with Crippen LogP contribution in [0.15, 0.2) is 47.6 Å². The standard InChI is InChI=1S/C25H29N3O3/c1-2-11-27-12-9-25(10-13-27)28-21(19-5-3-4-6-22(19)31-25)17-20(26-28)18-7-8-23-24(16-18)30-15-14-29-23/h3-8,16,21H,2,9-15,17H2,1H3/p+1/t21-/m0/s1. The number of fused-ring (bicyclic) bond motifs is 5. The van der Waals surface area contributed by atoms with E-state index in [4.69, 9.17) is 19.3 Å². The number of hydrogen-bond donors (Lipinski definition) is 1. The molecule has 6 rings (SSSR count). The van der Waals surface area contributed by atoms with E-state index < -0.39 is 0 Å². The summed E-state index contributed by atoms with van der Waals surface area (Å²) >= 11 is 0. The maximum absolute atomic E-state index is 6.74. The fraction of sp³-hybridized carbons (Fsp3) is 0.480. The second-order valence-corrected chi connectivity index (χ2v) is 9.06. The van der Waals surface area contributed by atoms with Crippen LogP contribution in [0, 0.1) is 0 Å². The molecule has 0 aliphatic carbocycles. The van der Waals surface area contributed by atoms with Crippen LogP contribution in [0.4, 0.5) is 0 Å². The number of nitrogens with one attached hydrogen (secondary N) is 1. The number of quaternary nitrogens is 1. The van der Waals surface area contributed by atoms with Gasteiger partial charge >= 0.3 is 0 Å². The summed E-state index contributed by atoms with van der Waals surface area (Å²) in [5.74, 6) is 2.67. The van der Waals surface area contributed by atoms with Gasteiger partial charge < -0.3 is 19.1 Å². The highest BCUT2D eigenvalue weighted by Crippen LogP contribution is 2.49. The van der Waals surface area contributed by atoms with Gasteiger partial charge in [0, 0.05) is 17.5 Å². The van der Waals surface area contributed by atoms with Gasteiger partial charge in [-0.25, -0.2) is 5.01 Å². The van der Waals surface area contributed by atoms with E-state index in [9.17, 15) is 0 Å². The molecular formula is C25H30N3O3+. The van der Waals surface area contributed by atoms with Crippen molar-refractivity contribution in [2.75, 3.05) is 32.8 Å². The number of likely N-dealkylation sites (tertiary alicyclic amines) is 1. The molecule has 1 atom stereocenters. The fourth-order valence-corrected chi connectivity index (χ4v) is 5.55. The first-order valence-corrected chi connectivity index (χ1v) is 11.6. The van der Waals surface area contributed by atoms with Crippen LogP contribution in [0.25, 0.3) is 0 Å². The second-order valence-electron chi connectivity index (χ2n) is 9.06. The zero-order valence-corrected chi connectivity index (χ0v) is 18.1. The number of hydrogen-bond acceptors (Lipinski definition) is 5. The maximum atomic E-state index is 6.74. The lowest BCUT2D eigenvalue weighted by atomic mass is 9.90. The largest absolute Gasteiger partial charge is 0.486 e. The summed E-state index contributed by atoms with van der Waals surface area (Å²) in [5.41, 5.74) is 3.12. The van der Waals surface area contributed by atoms with E-state index in [1.54, 1.807) is 4.90 Å². The number of piperidine rings is 1. The van der Waals surface area contributed by atoms with Gasteiger partial charge in [-0.1, -0.05) is 25.1 Å². The molecule has 0 aromatic heterocycles. The lowest BCUT2D eigenvalue weighted by molar-refractivity contribution is -0.908. The third kappa shape index (κ3) is 3.16. The normalized spacial score (nSPS) is 28.5. The monoisotopic (exact) mass is 420 g/mol. The zero-order chi connectivity index (χ0) is 20.8. The summed E-state index contributed by atoms with van der Waals surface area (Å²) in [7, 11) is 0. The molecule has 6 heteroatoms. The van der Waals surface area contributed by atoms with Crippen molar-refractivity contribution in [3.63, 3.8) is 0 Å². The van der Waals surface area contributed by atoms with Gasteiger partial charge in [0.2, 0.25) is 5.72 Å². The highest BCUT2D eigenvalue weighted by Gasteiger charge is 2.52. The van der Waals surface area contributed by atoms with Crippen LogP contribution in [-0.2, 0) is 0 Å². The van der Waals surface area contributed by atoms with Crippen LogP contribution in [0.1, 0.15) is 49.8 Å². The molecule has 2 aromatic rings. The Balaban J connectivity index is 1.36. The predicted molar refractivity (Wildman–Crippen MR) is 118 cm³/mol. The summed E-state index contributed by atoms with van der Waals surface area (Å²) in [5, 5.41) is 7.49. The zero-order valence-electron chi connectivity index (χ0n) is 18.1. The number of para-hydroxylation sites is 1. The Labute approximate surface area is 183 Å². The van der Waals surface area contributed by atoms with Gasteiger partial charge in [-0.05, 0) is 30.7 Å². The summed E-state index contributed by atoms with van der Waals surface area (Å²) in [6, 6.07) is 14.9. The van der Waals surface area contributed by atoms with E-state index >= 15 is 0 Å². The van der Waals surface area contributed by atoms with Crippen molar-refractivity contribution in [2.45, 2.75) is 44.4 Å². The second kappa shape index (κ2) is 7.45. The number of hydrazone groups is 1. The van der Waals surface area contributed by atoms with Crippen molar-refractivity contribution in [1.82, 2.24) is 5.01 Å². The first-order valence-electron chi connectivity index (χ1n) is 11.6. The first kappa shape index (κ1) is 19.0. The van der Waals surface area contributed by atoms with E-state index in [-0.39, 0.29) is 11.8 Å². The molecular weight excluding hydrogens is 390 g/mol. The summed E-state index contributed by atoms with van der Waals surface area (Å²) in [4.78, 5) is 1.68. The minimum Gasteiger partial charge on any atom is -0.486 e.